The maximum Gasteiger partial charge on any atom is 0.164 e. The number of hydrogen-bond donors (Lipinski definition) is 0. The zero-order chi connectivity index (χ0) is 37.8. The van der Waals surface area contributed by atoms with E-state index in [0.29, 0.717) is 17.5 Å². The van der Waals surface area contributed by atoms with E-state index in [-0.39, 0.29) is 0 Å². The molecule has 0 spiro atoms. The highest BCUT2D eigenvalue weighted by atomic mass is 15.0. The predicted molar refractivity (Wildman–Crippen MR) is 234 cm³/mol. The van der Waals surface area contributed by atoms with Crippen LogP contribution in [0.25, 0.3) is 78.0 Å². The quantitative estimate of drug-likeness (QED) is 0.171. The molecule has 9 aromatic carbocycles. The molecule has 0 aliphatic heterocycles. The largest absolute Gasteiger partial charge is 0.208 e. The summed E-state index contributed by atoms with van der Waals surface area (Å²) in [5.74, 6) is 1.92. The van der Waals surface area contributed by atoms with Crippen molar-refractivity contribution in [2.45, 2.75) is 5.41 Å². The van der Waals surface area contributed by atoms with E-state index in [9.17, 15) is 0 Å². The smallest absolute Gasteiger partial charge is 0.164 e. The Kier molecular flexibility index (Phi) is 7.71. The van der Waals surface area contributed by atoms with Gasteiger partial charge in [0.2, 0.25) is 0 Å². The third kappa shape index (κ3) is 5.32. The topological polar surface area (TPSA) is 38.7 Å². The van der Waals surface area contributed by atoms with Crippen LogP contribution in [0.1, 0.15) is 22.3 Å². The summed E-state index contributed by atoms with van der Waals surface area (Å²) in [5, 5.41) is 4.77. The van der Waals surface area contributed by atoms with Crippen molar-refractivity contribution in [3.63, 3.8) is 0 Å². The van der Waals surface area contributed by atoms with Crippen molar-refractivity contribution < 1.29 is 0 Å². The zero-order valence-corrected chi connectivity index (χ0v) is 31.0. The van der Waals surface area contributed by atoms with E-state index in [1.807, 2.05) is 18.2 Å². The van der Waals surface area contributed by atoms with Gasteiger partial charge in [-0.3, -0.25) is 0 Å². The second-order valence-corrected chi connectivity index (χ2v) is 14.7. The van der Waals surface area contributed by atoms with Gasteiger partial charge in [-0.1, -0.05) is 200 Å². The van der Waals surface area contributed by atoms with Crippen LogP contribution in [0.4, 0.5) is 0 Å². The predicted octanol–water partition coefficient (Wildman–Crippen LogP) is 13.2. The number of fused-ring (bicyclic) bond motifs is 5. The van der Waals surface area contributed by atoms with Crippen molar-refractivity contribution in [3.05, 3.63) is 235 Å². The molecule has 3 heteroatoms. The van der Waals surface area contributed by atoms with Gasteiger partial charge in [0, 0.05) is 16.7 Å². The summed E-state index contributed by atoms with van der Waals surface area (Å²) in [6.45, 7) is 0. The lowest BCUT2D eigenvalue weighted by molar-refractivity contribution is 0.768. The van der Waals surface area contributed by atoms with Gasteiger partial charge in [0.15, 0.2) is 17.5 Å². The molecule has 0 saturated carbocycles. The van der Waals surface area contributed by atoms with Crippen LogP contribution in [0.5, 0.6) is 0 Å². The fourth-order valence-electron chi connectivity index (χ4n) is 9.04. The van der Waals surface area contributed by atoms with E-state index in [1.165, 1.54) is 49.7 Å². The maximum absolute atomic E-state index is 5.37. The highest BCUT2D eigenvalue weighted by Crippen LogP contribution is 2.58. The standard InChI is InChI=1S/C54H35N3/c1-4-17-38(18-5-1)51-55-52(41-33-31-37-20-14-26-44(47(37)35-41)40-32-30-36-16-10-11-19-39(36)34-40)57-53(56-51)46-27-15-29-49-50(46)45-25-12-13-28-48(45)54(49,42-21-6-2-7-22-42)43-23-8-3-9-24-43/h1-35H. The van der Waals surface area contributed by atoms with E-state index in [1.54, 1.807) is 0 Å². The molecule has 0 radical (unpaired) electrons. The number of hydrogen-bond acceptors (Lipinski definition) is 3. The molecule has 0 unspecified atom stereocenters. The van der Waals surface area contributed by atoms with Crippen LogP contribution in [0.2, 0.25) is 0 Å². The summed E-state index contributed by atoms with van der Waals surface area (Å²) < 4.78 is 0. The highest BCUT2D eigenvalue weighted by Gasteiger charge is 2.47. The summed E-state index contributed by atoms with van der Waals surface area (Å²) in [5.41, 5.74) is 11.9. The van der Waals surface area contributed by atoms with Crippen LogP contribution in [0.3, 0.4) is 0 Å². The van der Waals surface area contributed by atoms with Crippen molar-refractivity contribution >= 4 is 21.5 Å². The molecule has 1 aromatic heterocycles. The first-order valence-corrected chi connectivity index (χ1v) is 19.4. The number of nitrogens with zero attached hydrogens (tertiary/aromatic N) is 3. The van der Waals surface area contributed by atoms with Crippen LogP contribution >= 0.6 is 0 Å². The number of benzene rings is 9. The van der Waals surface area contributed by atoms with E-state index < -0.39 is 5.41 Å². The molecule has 0 fully saturated rings. The molecule has 1 heterocycles. The molecule has 1 aliphatic rings. The first-order valence-electron chi connectivity index (χ1n) is 19.4. The first kappa shape index (κ1) is 32.9. The molecule has 11 rings (SSSR count). The molecule has 3 nitrogen and oxygen atoms in total. The fraction of sp³-hybridized carbons (Fsp3) is 0.0185. The summed E-state index contributed by atoms with van der Waals surface area (Å²) in [6.07, 6.45) is 0. The minimum atomic E-state index is -0.528. The Labute approximate surface area is 331 Å². The molecular formula is C54H35N3. The van der Waals surface area contributed by atoms with Gasteiger partial charge in [0.05, 0.1) is 5.41 Å². The zero-order valence-electron chi connectivity index (χ0n) is 31.0. The van der Waals surface area contributed by atoms with Crippen LogP contribution in [0.15, 0.2) is 212 Å². The lowest BCUT2D eigenvalue weighted by atomic mass is 9.67. The molecule has 0 N–H and O–H groups in total. The molecule has 0 saturated heterocycles. The third-order valence-corrected chi connectivity index (χ3v) is 11.6. The molecule has 0 atom stereocenters. The van der Waals surface area contributed by atoms with Crippen molar-refractivity contribution in [1.82, 2.24) is 15.0 Å². The normalized spacial score (nSPS) is 12.7. The average molecular weight is 726 g/mol. The van der Waals surface area contributed by atoms with E-state index >= 15 is 0 Å². The van der Waals surface area contributed by atoms with Gasteiger partial charge in [-0.15, -0.1) is 0 Å². The fourth-order valence-corrected chi connectivity index (χ4v) is 9.04. The number of rotatable bonds is 6. The molecule has 0 amide bonds. The van der Waals surface area contributed by atoms with Crippen LogP contribution in [-0.2, 0) is 5.41 Å². The van der Waals surface area contributed by atoms with E-state index in [0.717, 1.165) is 33.0 Å². The summed E-state index contributed by atoms with van der Waals surface area (Å²) in [4.78, 5) is 15.8. The Bertz CT molecular complexity index is 3080. The van der Waals surface area contributed by atoms with E-state index in [2.05, 4.69) is 194 Å². The van der Waals surface area contributed by atoms with Crippen LogP contribution < -0.4 is 0 Å². The summed E-state index contributed by atoms with van der Waals surface area (Å²) >= 11 is 0. The lowest BCUT2D eigenvalue weighted by Gasteiger charge is -2.33. The summed E-state index contributed by atoms with van der Waals surface area (Å²) in [6, 6.07) is 75.8. The van der Waals surface area contributed by atoms with Gasteiger partial charge in [-0.2, -0.15) is 0 Å². The van der Waals surface area contributed by atoms with Crippen molar-refractivity contribution in [2.75, 3.05) is 0 Å². The second kappa shape index (κ2) is 13.4. The molecule has 10 aromatic rings. The Morgan fingerprint density at radius 2 is 0.825 bits per heavy atom. The summed E-state index contributed by atoms with van der Waals surface area (Å²) in [7, 11) is 0. The minimum Gasteiger partial charge on any atom is -0.208 e. The van der Waals surface area contributed by atoms with Gasteiger partial charge < -0.3 is 0 Å². The van der Waals surface area contributed by atoms with Crippen molar-refractivity contribution in [3.8, 4) is 56.4 Å². The second-order valence-electron chi connectivity index (χ2n) is 14.7. The molecule has 1 aliphatic carbocycles. The average Bonchev–Trinajstić information content (AvgIpc) is 3.60. The number of aromatic nitrogens is 3. The third-order valence-electron chi connectivity index (χ3n) is 11.6. The van der Waals surface area contributed by atoms with Gasteiger partial charge in [-0.05, 0) is 78.2 Å². The van der Waals surface area contributed by atoms with Crippen LogP contribution in [0, 0.1) is 0 Å². The van der Waals surface area contributed by atoms with Gasteiger partial charge in [0.1, 0.15) is 0 Å². The Balaban J connectivity index is 1.15. The first-order chi connectivity index (χ1) is 28.3. The van der Waals surface area contributed by atoms with Crippen molar-refractivity contribution in [2.24, 2.45) is 0 Å². The maximum atomic E-state index is 5.37. The lowest BCUT2D eigenvalue weighted by Crippen LogP contribution is -2.28. The molecule has 0 bridgehead atoms. The Hall–Kier alpha value is -7.49. The Morgan fingerprint density at radius 3 is 1.60 bits per heavy atom. The minimum absolute atomic E-state index is 0.528. The molecular weight excluding hydrogens is 691 g/mol. The molecule has 266 valence electrons. The van der Waals surface area contributed by atoms with Crippen LogP contribution in [-0.4, -0.2) is 15.0 Å². The van der Waals surface area contributed by atoms with E-state index in [4.69, 9.17) is 15.0 Å². The van der Waals surface area contributed by atoms with Crippen molar-refractivity contribution in [1.29, 1.82) is 0 Å². The molecule has 57 heavy (non-hydrogen) atoms. The Morgan fingerprint density at radius 1 is 0.298 bits per heavy atom. The highest BCUT2D eigenvalue weighted by molar-refractivity contribution is 6.01. The monoisotopic (exact) mass is 725 g/mol. The van der Waals surface area contributed by atoms with Gasteiger partial charge in [-0.25, -0.2) is 15.0 Å². The van der Waals surface area contributed by atoms with Gasteiger partial charge >= 0.3 is 0 Å². The SMILES string of the molecule is c1ccc(-c2nc(-c3ccc4cccc(-c5ccc6ccccc6c5)c4c3)nc(-c3cccc4c3-c3ccccc3C4(c3ccccc3)c3ccccc3)n2)cc1. The van der Waals surface area contributed by atoms with Gasteiger partial charge in [0.25, 0.3) is 0 Å².